The molecule has 4 rings (SSSR count). The van der Waals surface area contributed by atoms with Crippen LogP contribution in [0.25, 0.3) is 0 Å². The maximum Gasteiger partial charge on any atom is 0.243 e. The van der Waals surface area contributed by atoms with Crippen LogP contribution in [0, 0.1) is 22.7 Å². The molecule has 0 bridgehead atoms. The highest BCUT2D eigenvalue weighted by molar-refractivity contribution is 8.00. The Morgan fingerprint density at radius 1 is 1.12 bits per heavy atom. The number of rotatable bonds is 5. The first-order chi connectivity index (χ1) is 15.4. The smallest absolute Gasteiger partial charge is 0.243 e. The molecular formula is C27H28N2OS2. The molecule has 1 aliphatic carbocycles. The molecule has 32 heavy (non-hydrogen) atoms. The van der Waals surface area contributed by atoms with E-state index in [0.717, 1.165) is 35.3 Å². The van der Waals surface area contributed by atoms with Crippen LogP contribution in [-0.4, -0.2) is 5.91 Å². The third kappa shape index (κ3) is 4.92. The van der Waals surface area contributed by atoms with Gasteiger partial charge in [-0.2, -0.15) is 5.26 Å². The highest BCUT2D eigenvalue weighted by atomic mass is 32.2. The van der Waals surface area contributed by atoms with Crippen molar-refractivity contribution in [1.82, 2.24) is 0 Å². The van der Waals surface area contributed by atoms with Crippen molar-refractivity contribution in [3.8, 4) is 6.07 Å². The number of amides is 1. The monoisotopic (exact) mass is 460 g/mol. The van der Waals surface area contributed by atoms with Crippen LogP contribution in [0.4, 0.5) is 5.00 Å². The minimum atomic E-state index is -0.397. The molecule has 0 fully saturated rings. The molecule has 3 aromatic rings. The molecule has 2 atom stereocenters. The SMILES string of the molecule is CC(C)(C)[C@H]1CCc2c(sc(NC(=O)[C@@H](Sc3ccccc3)c3ccccc3)c2C#N)C1. The molecule has 0 saturated heterocycles. The van der Waals surface area contributed by atoms with Gasteiger partial charge in [0.2, 0.25) is 5.91 Å². The van der Waals surface area contributed by atoms with Crippen LogP contribution >= 0.6 is 23.1 Å². The lowest BCUT2D eigenvalue weighted by molar-refractivity contribution is -0.115. The van der Waals surface area contributed by atoms with Crippen LogP contribution in [0.2, 0.25) is 0 Å². The highest BCUT2D eigenvalue weighted by Gasteiger charge is 2.33. The van der Waals surface area contributed by atoms with Gasteiger partial charge in [-0.1, -0.05) is 69.3 Å². The normalized spacial score (nSPS) is 16.6. The number of fused-ring (bicyclic) bond motifs is 1. The van der Waals surface area contributed by atoms with Crippen molar-refractivity contribution in [3.05, 3.63) is 82.2 Å². The van der Waals surface area contributed by atoms with E-state index in [0.29, 0.717) is 16.5 Å². The van der Waals surface area contributed by atoms with Crippen molar-refractivity contribution >= 4 is 34.0 Å². The number of nitriles is 1. The molecule has 5 heteroatoms. The van der Waals surface area contributed by atoms with Crippen LogP contribution in [0.1, 0.15) is 54.0 Å². The van der Waals surface area contributed by atoms with E-state index in [1.54, 1.807) is 11.3 Å². The van der Waals surface area contributed by atoms with Gasteiger partial charge in [0.1, 0.15) is 16.3 Å². The summed E-state index contributed by atoms with van der Waals surface area (Å²) in [6.07, 6.45) is 2.98. The lowest BCUT2D eigenvalue weighted by Crippen LogP contribution is -2.26. The number of hydrogen-bond acceptors (Lipinski definition) is 4. The lowest BCUT2D eigenvalue weighted by atomic mass is 9.72. The van der Waals surface area contributed by atoms with Gasteiger partial charge in [-0.25, -0.2) is 0 Å². The quantitative estimate of drug-likeness (QED) is 0.408. The van der Waals surface area contributed by atoms with E-state index in [4.69, 9.17) is 0 Å². The van der Waals surface area contributed by atoms with Gasteiger partial charge >= 0.3 is 0 Å². The first-order valence-corrected chi connectivity index (χ1v) is 12.7. The van der Waals surface area contributed by atoms with Crippen LogP contribution < -0.4 is 5.32 Å². The maximum absolute atomic E-state index is 13.5. The summed E-state index contributed by atoms with van der Waals surface area (Å²) in [7, 11) is 0. The summed E-state index contributed by atoms with van der Waals surface area (Å²) in [6, 6.07) is 22.2. The first-order valence-electron chi connectivity index (χ1n) is 11.0. The summed E-state index contributed by atoms with van der Waals surface area (Å²) in [4.78, 5) is 15.8. The fraction of sp³-hybridized carbons (Fsp3) is 0.333. The topological polar surface area (TPSA) is 52.9 Å². The van der Waals surface area contributed by atoms with E-state index in [9.17, 15) is 10.1 Å². The predicted octanol–water partition coefficient (Wildman–Crippen LogP) is 7.24. The molecule has 1 aliphatic rings. The number of nitrogens with one attached hydrogen (secondary N) is 1. The number of hydrogen-bond donors (Lipinski definition) is 1. The van der Waals surface area contributed by atoms with Crippen molar-refractivity contribution in [1.29, 1.82) is 5.26 Å². The lowest BCUT2D eigenvalue weighted by Gasteiger charge is -2.33. The fourth-order valence-electron chi connectivity index (χ4n) is 4.24. The molecule has 1 aromatic heterocycles. The summed E-state index contributed by atoms with van der Waals surface area (Å²) in [6.45, 7) is 6.86. The van der Waals surface area contributed by atoms with Gasteiger partial charge < -0.3 is 5.32 Å². The molecular weight excluding hydrogens is 432 g/mol. The summed E-state index contributed by atoms with van der Waals surface area (Å²) < 4.78 is 0. The minimum absolute atomic E-state index is 0.0903. The van der Waals surface area contributed by atoms with Gasteiger partial charge in [0.05, 0.1) is 5.56 Å². The standard InChI is InChI=1S/C27H28N2OS2/c1-27(2,3)19-14-15-21-22(17-28)26(32-23(21)16-19)29-25(30)24(18-10-6-4-7-11-18)31-20-12-8-5-9-13-20/h4-13,19,24H,14-16H2,1-3H3,(H,29,30)/t19-,24-/m0/s1. The van der Waals surface area contributed by atoms with Crippen molar-refractivity contribution < 1.29 is 4.79 Å². The fourth-order valence-corrected chi connectivity index (χ4v) is 6.57. The zero-order valence-electron chi connectivity index (χ0n) is 18.7. The number of thioether (sulfide) groups is 1. The molecule has 0 saturated carbocycles. The van der Waals surface area contributed by atoms with Crippen LogP contribution in [-0.2, 0) is 17.6 Å². The number of carbonyl (C=O) groups is 1. The molecule has 164 valence electrons. The van der Waals surface area contributed by atoms with E-state index in [-0.39, 0.29) is 11.3 Å². The van der Waals surface area contributed by atoms with Gasteiger partial charge in [0.25, 0.3) is 0 Å². The van der Waals surface area contributed by atoms with Gasteiger partial charge in [-0.05, 0) is 53.9 Å². The first kappa shape index (κ1) is 22.6. The third-order valence-electron chi connectivity index (χ3n) is 6.18. The molecule has 1 amide bonds. The van der Waals surface area contributed by atoms with Gasteiger partial charge in [-0.3, -0.25) is 4.79 Å². The van der Waals surface area contributed by atoms with Crippen LogP contribution in [0.15, 0.2) is 65.6 Å². The van der Waals surface area contributed by atoms with Gasteiger partial charge in [0, 0.05) is 9.77 Å². The second kappa shape index (κ2) is 9.52. The Labute approximate surface area is 198 Å². The zero-order valence-corrected chi connectivity index (χ0v) is 20.4. The summed E-state index contributed by atoms with van der Waals surface area (Å²) in [5.41, 5.74) is 2.98. The average Bonchev–Trinajstić information content (AvgIpc) is 3.14. The summed E-state index contributed by atoms with van der Waals surface area (Å²) in [5, 5.41) is 13.3. The van der Waals surface area contributed by atoms with E-state index >= 15 is 0 Å². The van der Waals surface area contributed by atoms with E-state index in [1.165, 1.54) is 16.6 Å². The Bertz CT molecular complexity index is 1120. The zero-order chi connectivity index (χ0) is 22.7. The van der Waals surface area contributed by atoms with E-state index in [1.807, 2.05) is 60.7 Å². The second-order valence-electron chi connectivity index (χ2n) is 9.34. The predicted molar refractivity (Wildman–Crippen MR) is 134 cm³/mol. The average molecular weight is 461 g/mol. The Hall–Kier alpha value is -2.55. The van der Waals surface area contributed by atoms with Crippen LogP contribution in [0.5, 0.6) is 0 Å². The number of carbonyl (C=O) groups excluding carboxylic acids is 1. The maximum atomic E-state index is 13.5. The van der Waals surface area contributed by atoms with Crippen molar-refractivity contribution in [2.24, 2.45) is 11.3 Å². The Balaban J connectivity index is 1.61. The molecule has 1 N–H and O–H groups in total. The molecule has 0 aliphatic heterocycles. The Morgan fingerprint density at radius 2 is 1.78 bits per heavy atom. The van der Waals surface area contributed by atoms with Crippen molar-refractivity contribution in [2.45, 2.75) is 50.2 Å². The van der Waals surface area contributed by atoms with E-state index < -0.39 is 5.25 Å². The summed E-state index contributed by atoms with van der Waals surface area (Å²) in [5.74, 6) is 0.502. The van der Waals surface area contributed by atoms with Gasteiger partial charge in [-0.15, -0.1) is 23.1 Å². The number of benzene rings is 2. The van der Waals surface area contributed by atoms with Gasteiger partial charge in [0.15, 0.2) is 0 Å². The molecule has 0 radical (unpaired) electrons. The number of thiophene rings is 1. The van der Waals surface area contributed by atoms with E-state index in [2.05, 4.69) is 32.2 Å². The largest absolute Gasteiger partial charge is 0.315 e. The molecule has 2 aromatic carbocycles. The summed E-state index contributed by atoms with van der Waals surface area (Å²) >= 11 is 3.12. The molecule has 0 spiro atoms. The molecule has 1 heterocycles. The Morgan fingerprint density at radius 3 is 2.41 bits per heavy atom. The van der Waals surface area contributed by atoms with Crippen LogP contribution in [0.3, 0.4) is 0 Å². The third-order valence-corrected chi connectivity index (χ3v) is 8.61. The van der Waals surface area contributed by atoms with Crippen molar-refractivity contribution in [3.63, 3.8) is 0 Å². The molecule has 3 nitrogen and oxygen atoms in total. The minimum Gasteiger partial charge on any atom is -0.315 e. The molecule has 0 unspecified atom stereocenters. The van der Waals surface area contributed by atoms with Crippen molar-refractivity contribution in [2.75, 3.05) is 5.32 Å². The highest BCUT2D eigenvalue weighted by Crippen LogP contribution is 2.45. The number of anilines is 1. The number of nitrogens with zero attached hydrogens (tertiary/aromatic N) is 1. The Kier molecular flexibility index (Phi) is 6.74. The second-order valence-corrected chi connectivity index (χ2v) is 11.6.